The number of morpholine rings is 1. The minimum Gasteiger partial charge on any atom is -0.379 e. The topological polar surface area (TPSA) is 58.6 Å². The van der Waals surface area contributed by atoms with Crippen LogP contribution >= 0.6 is 11.8 Å². The predicted molar refractivity (Wildman–Crippen MR) is 88.7 cm³/mol. The van der Waals surface area contributed by atoms with E-state index in [0.29, 0.717) is 17.4 Å². The molecule has 1 spiro atoms. The van der Waals surface area contributed by atoms with Crippen molar-refractivity contribution in [2.45, 2.75) is 24.1 Å². The maximum absolute atomic E-state index is 12.5. The summed E-state index contributed by atoms with van der Waals surface area (Å²) < 4.78 is 5.71. The number of likely N-dealkylation sites (tertiary alicyclic amines) is 1. The van der Waals surface area contributed by atoms with E-state index in [1.54, 1.807) is 12.4 Å². The van der Waals surface area contributed by atoms with E-state index < -0.39 is 0 Å². The lowest BCUT2D eigenvalue weighted by atomic mass is 9.91. The van der Waals surface area contributed by atoms with Gasteiger partial charge in [0.05, 0.1) is 23.5 Å². The van der Waals surface area contributed by atoms with E-state index in [0.717, 1.165) is 39.4 Å². The number of amides is 1. The van der Waals surface area contributed by atoms with Crippen LogP contribution in [-0.2, 0) is 4.74 Å². The van der Waals surface area contributed by atoms with Crippen molar-refractivity contribution in [1.82, 2.24) is 19.8 Å². The highest BCUT2D eigenvalue weighted by Gasteiger charge is 2.51. The van der Waals surface area contributed by atoms with Crippen molar-refractivity contribution in [1.29, 1.82) is 0 Å². The van der Waals surface area contributed by atoms with E-state index in [2.05, 4.69) is 14.9 Å². The average molecular weight is 334 g/mol. The Balaban J connectivity index is 1.34. The second-order valence-corrected chi connectivity index (χ2v) is 8.17. The number of hydrogen-bond donors (Lipinski definition) is 0. The van der Waals surface area contributed by atoms with E-state index in [9.17, 15) is 4.79 Å². The maximum atomic E-state index is 12.5. The molecule has 1 amide bonds. The molecule has 6 nitrogen and oxygen atoms in total. The van der Waals surface area contributed by atoms with Crippen LogP contribution in [0.4, 0.5) is 0 Å². The fourth-order valence-corrected chi connectivity index (χ4v) is 5.38. The smallest absolute Gasteiger partial charge is 0.257 e. The summed E-state index contributed by atoms with van der Waals surface area (Å²) in [5.41, 5.74) is 0.596. The molecular weight excluding hydrogens is 312 g/mol. The highest BCUT2D eigenvalue weighted by molar-refractivity contribution is 8.01. The van der Waals surface area contributed by atoms with Gasteiger partial charge in [-0.1, -0.05) is 0 Å². The molecule has 23 heavy (non-hydrogen) atoms. The van der Waals surface area contributed by atoms with Gasteiger partial charge in [-0.2, -0.15) is 0 Å². The first kappa shape index (κ1) is 15.4. The summed E-state index contributed by atoms with van der Waals surface area (Å²) in [6, 6.07) is 0.642. The molecule has 0 aliphatic carbocycles. The second kappa shape index (κ2) is 6.03. The SMILES string of the molecule is Cc1ncc(C(=O)N2CC3(CC(N4CCOCC4)CS3)C2)cn1. The van der Waals surface area contributed by atoms with Gasteiger partial charge in [0, 0.05) is 50.4 Å². The van der Waals surface area contributed by atoms with Crippen molar-refractivity contribution in [3.05, 3.63) is 23.8 Å². The van der Waals surface area contributed by atoms with Gasteiger partial charge in [0.25, 0.3) is 5.91 Å². The largest absolute Gasteiger partial charge is 0.379 e. The predicted octanol–water partition coefficient (Wildman–Crippen LogP) is 0.817. The Morgan fingerprint density at radius 1 is 1.30 bits per heavy atom. The van der Waals surface area contributed by atoms with Gasteiger partial charge in [0.1, 0.15) is 5.82 Å². The number of ether oxygens (including phenoxy) is 1. The Hall–Kier alpha value is -1.18. The molecule has 0 bridgehead atoms. The fraction of sp³-hybridized carbons (Fsp3) is 0.688. The molecule has 4 rings (SSSR count). The molecule has 0 aromatic carbocycles. The highest BCUT2D eigenvalue weighted by atomic mass is 32.2. The number of rotatable bonds is 2. The molecule has 1 atom stereocenters. The summed E-state index contributed by atoms with van der Waals surface area (Å²) in [5, 5.41) is 0. The maximum Gasteiger partial charge on any atom is 0.257 e. The number of thioether (sulfide) groups is 1. The third-order valence-corrected chi connectivity index (χ3v) is 6.61. The Labute approximate surface area is 140 Å². The van der Waals surface area contributed by atoms with Crippen LogP contribution in [0.25, 0.3) is 0 Å². The lowest BCUT2D eigenvalue weighted by Crippen LogP contribution is -2.61. The van der Waals surface area contributed by atoms with Crippen LogP contribution in [0.3, 0.4) is 0 Å². The van der Waals surface area contributed by atoms with E-state index >= 15 is 0 Å². The van der Waals surface area contributed by atoms with Crippen molar-refractivity contribution in [2.24, 2.45) is 0 Å². The summed E-state index contributed by atoms with van der Waals surface area (Å²) in [6.07, 6.45) is 4.45. The molecule has 124 valence electrons. The quantitative estimate of drug-likeness (QED) is 0.798. The Bertz CT molecular complexity index is 582. The second-order valence-electron chi connectivity index (χ2n) is 6.68. The normalized spacial score (nSPS) is 27.2. The number of aryl methyl sites for hydroxylation is 1. The zero-order valence-corrected chi connectivity index (χ0v) is 14.2. The van der Waals surface area contributed by atoms with Crippen LogP contribution in [0.5, 0.6) is 0 Å². The molecule has 0 radical (unpaired) electrons. The summed E-state index contributed by atoms with van der Waals surface area (Å²) in [6.45, 7) is 7.33. The Morgan fingerprint density at radius 2 is 2.00 bits per heavy atom. The zero-order valence-electron chi connectivity index (χ0n) is 13.4. The average Bonchev–Trinajstić information content (AvgIpc) is 3.00. The first-order valence-corrected chi connectivity index (χ1v) is 9.17. The fourth-order valence-electron chi connectivity index (χ4n) is 3.70. The van der Waals surface area contributed by atoms with Gasteiger partial charge in [0.15, 0.2) is 0 Å². The van der Waals surface area contributed by atoms with Crippen molar-refractivity contribution in [3.8, 4) is 0 Å². The molecule has 4 heterocycles. The Morgan fingerprint density at radius 3 is 2.70 bits per heavy atom. The molecule has 3 aliphatic rings. The number of hydrogen-bond acceptors (Lipinski definition) is 6. The molecule has 0 saturated carbocycles. The molecule has 3 aliphatic heterocycles. The van der Waals surface area contributed by atoms with Crippen molar-refractivity contribution >= 4 is 17.7 Å². The first-order valence-electron chi connectivity index (χ1n) is 8.19. The van der Waals surface area contributed by atoms with Gasteiger partial charge in [-0.3, -0.25) is 9.69 Å². The Kier molecular flexibility index (Phi) is 4.03. The lowest BCUT2D eigenvalue weighted by molar-refractivity contribution is 0.0137. The van der Waals surface area contributed by atoms with E-state index in [1.165, 1.54) is 12.2 Å². The van der Waals surface area contributed by atoms with Crippen LogP contribution in [0.15, 0.2) is 12.4 Å². The summed E-state index contributed by atoms with van der Waals surface area (Å²) >= 11 is 2.04. The summed E-state index contributed by atoms with van der Waals surface area (Å²) in [5.74, 6) is 1.93. The number of aromatic nitrogens is 2. The molecule has 3 fully saturated rings. The highest BCUT2D eigenvalue weighted by Crippen LogP contribution is 2.46. The van der Waals surface area contributed by atoms with Crippen LogP contribution in [0.1, 0.15) is 22.6 Å². The summed E-state index contributed by atoms with van der Waals surface area (Å²) in [4.78, 5) is 25.2. The van der Waals surface area contributed by atoms with Gasteiger partial charge in [-0.25, -0.2) is 9.97 Å². The summed E-state index contributed by atoms with van der Waals surface area (Å²) in [7, 11) is 0. The molecule has 3 saturated heterocycles. The molecule has 1 aromatic heterocycles. The minimum atomic E-state index is 0.0612. The first-order chi connectivity index (χ1) is 11.2. The van der Waals surface area contributed by atoms with E-state index in [-0.39, 0.29) is 10.7 Å². The van der Waals surface area contributed by atoms with Crippen LogP contribution in [-0.4, -0.2) is 81.6 Å². The van der Waals surface area contributed by atoms with Crippen molar-refractivity contribution in [2.75, 3.05) is 45.1 Å². The van der Waals surface area contributed by atoms with Gasteiger partial charge in [-0.15, -0.1) is 11.8 Å². The molecular formula is C16H22N4O2S. The van der Waals surface area contributed by atoms with E-state index in [1.807, 2.05) is 23.6 Å². The van der Waals surface area contributed by atoms with Crippen LogP contribution in [0, 0.1) is 6.92 Å². The van der Waals surface area contributed by atoms with Crippen molar-refractivity contribution < 1.29 is 9.53 Å². The molecule has 1 aromatic rings. The number of carbonyl (C=O) groups is 1. The standard InChI is InChI=1S/C16H22N4O2S/c1-12-17-7-13(8-18-12)15(21)20-10-16(11-20)6-14(9-23-16)19-2-4-22-5-3-19/h7-8,14H,2-6,9-11H2,1H3. The number of carbonyl (C=O) groups excluding carboxylic acids is 1. The van der Waals surface area contributed by atoms with Gasteiger partial charge < -0.3 is 9.64 Å². The third-order valence-electron chi connectivity index (χ3n) is 5.02. The molecule has 1 unspecified atom stereocenters. The third kappa shape index (κ3) is 2.97. The lowest BCUT2D eigenvalue weighted by Gasteiger charge is -2.48. The van der Waals surface area contributed by atoms with Crippen LogP contribution < -0.4 is 0 Å². The number of nitrogens with zero attached hydrogens (tertiary/aromatic N) is 4. The zero-order chi connectivity index (χ0) is 15.9. The van der Waals surface area contributed by atoms with E-state index in [4.69, 9.17) is 4.74 Å². The van der Waals surface area contributed by atoms with Gasteiger partial charge in [-0.05, 0) is 13.3 Å². The molecule has 0 N–H and O–H groups in total. The van der Waals surface area contributed by atoms with Crippen LogP contribution in [0.2, 0.25) is 0 Å². The van der Waals surface area contributed by atoms with Gasteiger partial charge in [0.2, 0.25) is 0 Å². The van der Waals surface area contributed by atoms with Gasteiger partial charge >= 0.3 is 0 Å². The minimum absolute atomic E-state index is 0.0612. The molecule has 7 heteroatoms. The van der Waals surface area contributed by atoms with Crippen molar-refractivity contribution in [3.63, 3.8) is 0 Å². The monoisotopic (exact) mass is 334 g/mol.